The summed E-state index contributed by atoms with van der Waals surface area (Å²) in [6.07, 6.45) is 0.635. The molecular formula is C17H17Cl2N3O. The number of rotatable bonds is 3. The summed E-state index contributed by atoms with van der Waals surface area (Å²) < 4.78 is 0. The zero-order valence-electron chi connectivity index (χ0n) is 12.6. The zero-order valence-corrected chi connectivity index (χ0v) is 14.1. The van der Waals surface area contributed by atoms with Crippen LogP contribution in [0.5, 0.6) is 0 Å². The molecule has 2 atom stereocenters. The normalized spacial score (nSPS) is 20.5. The van der Waals surface area contributed by atoms with Gasteiger partial charge in [-0.25, -0.2) is 10.9 Å². The highest BCUT2D eigenvalue weighted by Gasteiger charge is 2.30. The Hall–Kier alpha value is -1.59. The van der Waals surface area contributed by atoms with E-state index in [-0.39, 0.29) is 18.0 Å². The van der Waals surface area contributed by atoms with Crippen LogP contribution in [0.1, 0.15) is 23.6 Å². The fourth-order valence-corrected chi connectivity index (χ4v) is 3.14. The number of hydrogen-bond acceptors (Lipinski definition) is 3. The minimum atomic E-state index is -0.338. The Kier molecular flexibility index (Phi) is 4.87. The van der Waals surface area contributed by atoms with Crippen LogP contribution in [0.3, 0.4) is 0 Å². The molecule has 1 saturated heterocycles. The fourth-order valence-electron chi connectivity index (χ4n) is 2.67. The highest BCUT2D eigenvalue weighted by atomic mass is 35.5. The quantitative estimate of drug-likeness (QED) is 0.788. The van der Waals surface area contributed by atoms with E-state index >= 15 is 0 Å². The lowest BCUT2D eigenvalue weighted by atomic mass is 10.0. The number of para-hydroxylation sites is 1. The fraction of sp³-hybridized carbons (Fsp3) is 0.235. The maximum absolute atomic E-state index is 12.5. The van der Waals surface area contributed by atoms with Crippen LogP contribution in [0.2, 0.25) is 10.0 Å². The van der Waals surface area contributed by atoms with E-state index in [1.165, 1.54) is 0 Å². The monoisotopic (exact) mass is 349 g/mol. The lowest BCUT2D eigenvalue weighted by Crippen LogP contribution is -2.39. The molecule has 6 heteroatoms. The molecule has 0 spiro atoms. The van der Waals surface area contributed by atoms with Gasteiger partial charge in [0, 0.05) is 11.1 Å². The third-order valence-corrected chi connectivity index (χ3v) is 4.49. The number of nitrogens with one attached hydrogen (secondary N) is 3. The molecule has 0 bridgehead atoms. The summed E-state index contributed by atoms with van der Waals surface area (Å²) in [5, 5.41) is 4.13. The van der Waals surface area contributed by atoms with Crippen molar-refractivity contribution in [3.05, 3.63) is 63.6 Å². The van der Waals surface area contributed by atoms with Gasteiger partial charge in [0.05, 0.1) is 10.7 Å². The first kappa shape index (κ1) is 16.3. The predicted octanol–water partition coefficient (Wildman–Crippen LogP) is 3.85. The Balaban J connectivity index is 1.68. The number of aryl methyl sites for hydroxylation is 1. The molecule has 3 N–H and O–H groups in total. The minimum Gasteiger partial charge on any atom is -0.323 e. The van der Waals surface area contributed by atoms with Crippen LogP contribution in [-0.2, 0) is 4.79 Å². The summed E-state index contributed by atoms with van der Waals surface area (Å²) in [6, 6.07) is 12.9. The zero-order chi connectivity index (χ0) is 16.4. The molecule has 3 rings (SSSR count). The van der Waals surface area contributed by atoms with Gasteiger partial charge in [-0.15, -0.1) is 0 Å². The van der Waals surface area contributed by atoms with Gasteiger partial charge in [-0.2, -0.15) is 0 Å². The number of amides is 1. The maximum Gasteiger partial charge on any atom is 0.242 e. The Morgan fingerprint density at radius 3 is 2.70 bits per heavy atom. The lowest BCUT2D eigenvalue weighted by molar-refractivity contribution is -0.117. The predicted molar refractivity (Wildman–Crippen MR) is 93.7 cm³/mol. The standard InChI is InChI=1S/C17H17Cl2N3O/c1-10-4-2-7-13(19)16(10)20-17(23)15-9-14(21-22-15)11-5-3-6-12(18)8-11/h2-8,14-15,21-22H,9H2,1H3,(H,20,23). The van der Waals surface area contributed by atoms with Crippen molar-refractivity contribution >= 4 is 34.8 Å². The molecule has 1 aliphatic rings. The Labute approximate surface area is 145 Å². The smallest absolute Gasteiger partial charge is 0.242 e. The van der Waals surface area contributed by atoms with Gasteiger partial charge < -0.3 is 5.32 Å². The lowest BCUT2D eigenvalue weighted by Gasteiger charge is -2.14. The summed E-state index contributed by atoms with van der Waals surface area (Å²) in [7, 11) is 0. The maximum atomic E-state index is 12.5. The molecule has 2 unspecified atom stereocenters. The number of carbonyl (C=O) groups excluding carboxylic acids is 1. The molecule has 1 heterocycles. The molecule has 0 radical (unpaired) electrons. The van der Waals surface area contributed by atoms with Crippen molar-refractivity contribution in [3.63, 3.8) is 0 Å². The average Bonchev–Trinajstić information content (AvgIpc) is 3.01. The molecule has 0 aromatic heterocycles. The topological polar surface area (TPSA) is 53.2 Å². The van der Waals surface area contributed by atoms with E-state index in [9.17, 15) is 4.79 Å². The summed E-state index contributed by atoms with van der Waals surface area (Å²) in [4.78, 5) is 12.5. The van der Waals surface area contributed by atoms with Crippen LogP contribution in [0, 0.1) is 6.92 Å². The number of carbonyl (C=O) groups is 1. The summed E-state index contributed by atoms with van der Waals surface area (Å²) >= 11 is 12.2. The molecule has 0 aliphatic carbocycles. The van der Waals surface area contributed by atoms with Crippen molar-refractivity contribution in [2.75, 3.05) is 5.32 Å². The number of benzene rings is 2. The van der Waals surface area contributed by atoms with E-state index in [0.717, 1.165) is 11.1 Å². The first-order valence-electron chi connectivity index (χ1n) is 7.37. The van der Waals surface area contributed by atoms with Crippen molar-refractivity contribution in [2.24, 2.45) is 0 Å². The molecule has 1 amide bonds. The van der Waals surface area contributed by atoms with Crippen LogP contribution in [-0.4, -0.2) is 11.9 Å². The van der Waals surface area contributed by atoms with Gasteiger partial charge in [0.25, 0.3) is 0 Å². The van der Waals surface area contributed by atoms with Gasteiger partial charge in [-0.05, 0) is 42.7 Å². The molecular weight excluding hydrogens is 333 g/mol. The first-order valence-corrected chi connectivity index (χ1v) is 8.12. The van der Waals surface area contributed by atoms with Crippen LogP contribution in [0.25, 0.3) is 0 Å². The summed E-state index contributed by atoms with van der Waals surface area (Å²) in [6.45, 7) is 1.91. The molecule has 120 valence electrons. The average molecular weight is 350 g/mol. The molecule has 2 aromatic carbocycles. The second-order valence-corrected chi connectivity index (χ2v) is 6.45. The van der Waals surface area contributed by atoms with Gasteiger partial charge in [-0.1, -0.05) is 47.5 Å². The van der Waals surface area contributed by atoms with Gasteiger partial charge >= 0.3 is 0 Å². The highest BCUT2D eigenvalue weighted by molar-refractivity contribution is 6.34. The van der Waals surface area contributed by atoms with Crippen molar-refractivity contribution in [3.8, 4) is 0 Å². The van der Waals surface area contributed by atoms with Gasteiger partial charge in [0.15, 0.2) is 0 Å². The van der Waals surface area contributed by atoms with Gasteiger partial charge in [0.1, 0.15) is 6.04 Å². The Morgan fingerprint density at radius 2 is 1.96 bits per heavy atom. The second-order valence-electron chi connectivity index (χ2n) is 5.61. The van der Waals surface area contributed by atoms with E-state index in [4.69, 9.17) is 23.2 Å². The van der Waals surface area contributed by atoms with Crippen LogP contribution >= 0.6 is 23.2 Å². The van der Waals surface area contributed by atoms with Crippen LogP contribution in [0.4, 0.5) is 5.69 Å². The number of halogens is 2. The van der Waals surface area contributed by atoms with Crippen molar-refractivity contribution < 1.29 is 4.79 Å². The SMILES string of the molecule is Cc1cccc(Cl)c1NC(=O)C1CC(c2cccc(Cl)c2)NN1. The molecule has 0 saturated carbocycles. The van der Waals surface area contributed by atoms with Gasteiger partial charge in [-0.3, -0.25) is 4.79 Å². The number of hydrazine groups is 1. The largest absolute Gasteiger partial charge is 0.323 e. The van der Waals surface area contributed by atoms with E-state index in [0.29, 0.717) is 22.2 Å². The third-order valence-electron chi connectivity index (χ3n) is 3.94. The molecule has 4 nitrogen and oxygen atoms in total. The molecule has 1 fully saturated rings. The number of hydrogen-bond donors (Lipinski definition) is 3. The summed E-state index contributed by atoms with van der Waals surface area (Å²) in [5.74, 6) is -0.113. The van der Waals surface area contributed by atoms with E-state index in [1.807, 2.05) is 43.3 Å². The molecule has 23 heavy (non-hydrogen) atoms. The Bertz CT molecular complexity index is 715. The molecule has 2 aromatic rings. The Morgan fingerprint density at radius 1 is 1.17 bits per heavy atom. The highest BCUT2D eigenvalue weighted by Crippen LogP contribution is 2.28. The van der Waals surface area contributed by atoms with Crippen molar-refractivity contribution in [1.82, 2.24) is 10.9 Å². The van der Waals surface area contributed by atoms with E-state index in [2.05, 4.69) is 16.2 Å². The number of anilines is 1. The third kappa shape index (κ3) is 3.67. The van der Waals surface area contributed by atoms with Crippen molar-refractivity contribution in [2.45, 2.75) is 25.4 Å². The molecule has 1 aliphatic heterocycles. The van der Waals surface area contributed by atoms with Crippen molar-refractivity contribution in [1.29, 1.82) is 0 Å². The minimum absolute atomic E-state index is 0.0387. The van der Waals surface area contributed by atoms with Crippen LogP contribution in [0.15, 0.2) is 42.5 Å². The van der Waals surface area contributed by atoms with Crippen LogP contribution < -0.4 is 16.2 Å². The van der Waals surface area contributed by atoms with E-state index < -0.39 is 0 Å². The van der Waals surface area contributed by atoms with Gasteiger partial charge in [0.2, 0.25) is 5.91 Å². The van der Waals surface area contributed by atoms with E-state index in [1.54, 1.807) is 6.07 Å². The second kappa shape index (κ2) is 6.89. The summed E-state index contributed by atoms with van der Waals surface area (Å²) in [5.41, 5.74) is 8.82. The first-order chi connectivity index (χ1) is 11.0.